The summed E-state index contributed by atoms with van der Waals surface area (Å²) in [4.78, 5) is 2.44. The molecule has 0 aliphatic heterocycles. The summed E-state index contributed by atoms with van der Waals surface area (Å²) in [6, 6.07) is 16.1. The minimum Gasteiger partial charge on any atom is -0.508 e. The second-order valence-corrected chi connectivity index (χ2v) is 7.69. The molecule has 4 nitrogen and oxygen atoms in total. The molecule has 27 heavy (non-hydrogen) atoms. The summed E-state index contributed by atoms with van der Waals surface area (Å²) >= 11 is 0. The zero-order chi connectivity index (χ0) is 20.0. The van der Waals surface area contributed by atoms with E-state index in [0.717, 1.165) is 24.1 Å². The maximum Gasteiger partial charge on any atom is 0.119 e. The van der Waals surface area contributed by atoms with Crippen LogP contribution in [0.4, 0.5) is 0 Å². The van der Waals surface area contributed by atoms with Crippen molar-refractivity contribution >= 4 is 0 Å². The molecule has 0 aromatic heterocycles. The first-order chi connectivity index (χ1) is 12.8. The number of benzene rings is 2. The van der Waals surface area contributed by atoms with E-state index in [1.54, 1.807) is 12.1 Å². The van der Waals surface area contributed by atoms with Gasteiger partial charge in [0.1, 0.15) is 11.9 Å². The fraction of sp³-hybridized carbons (Fsp3) is 0.478. The molecule has 2 atom stereocenters. The van der Waals surface area contributed by atoms with Gasteiger partial charge in [-0.15, -0.1) is 0 Å². The van der Waals surface area contributed by atoms with Crippen LogP contribution in [0, 0.1) is 0 Å². The second-order valence-electron chi connectivity index (χ2n) is 7.69. The molecule has 2 aromatic rings. The molecule has 2 aromatic carbocycles. The van der Waals surface area contributed by atoms with E-state index in [1.165, 1.54) is 0 Å². The van der Waals surface area contributed by atoms with E-state index in [0.29, 0.717) is 17.6 Å². The second kappa shape index (κ2) is 9.88. The monoisotopic (exact) mass is 371 g/mol. The van der Waals surface area contributed by atoms with E-state index < -0.39 is 6.10 Å². The lowest BCUT2D eigenvalue weighted by Crippen LogP contribution is -2.38. The number of hydrogen-bond donors (Lipinski definition) is 3. The van der Waals surface area contributed by atoms with E-state index in [2.05, 4.69) is 44.7 Å². The highest BCUT2D eigenvalue weighted by Crippen LogP contribution is 2.36. The molecule has 148 valence electrons. The predicted molar refractivity (Wildman–Crippen MR) is 110 cm³/mol. The van der Waals surface area contributed by atoms with Crippen LogP contribution in [0.2, 0.25) is 0 Å². The van der Waals surface area contributed by atoms with E-state index in [1.807, 2.05) is 24.3 Å². The Balaban J connectivity index is 2.39. The molecule has 0 saturated heterocycles. The molecule has 0 saturated carbocycles. The summed E-state index contributed by atoms with van der Waals surface area (Å²) in [7, 11) is 0. The SMILES string of the molecule is CC(C)N(CC[C@H](c1ccccc1)c1cc([C@H](O)CO)ccc1O)C(C)C. The lowest BCUT2D eigenvalue weighted by atomic mass is 9.86. The van der Waals surface area contributed by atoms with Crippen molar-refractivity contribution in [1.29, 1.82) is 0 Å². The highest BCUT2D eigenvalue weighted by Gasteiger charge is 2.22. The Morgan fingerprint density at radius 3 is 2.07 bits per heavy atom. The van der Waals surface area contributed by atoms with Gasteiger partial charge in [0.15, 0.2) is 0 Å². The van der Waals surface area contributed by atoms with Gasteiger partial charge in [0, 0.05) is 23.6 Å². The Kier molecular flexibility index (Phi) is 7.84. The van der Waals surface area contributed by atoms with Crippen LogP contribution in [-0.2, 0) is 0 Å². The van der Waals surface area contributed by atoms with Crippen molar-refractivity contribution < 1.29 is 15.3 Å². The molecule has 0 spiro atoms. The number of phenols is 1. The van der Waals surface area contributed by atoms with Crippen LogP contribution in [0.15, 0.2) is 48.5 Å². The van der Waals surface area contributed by atoms with Crippen molar-refractivity contribution in [2.45, 2.75) is 58.2 Å². The fourth-order valence-corrected chi connectivity index (χ4v) is 3.74. The summed E-state index contributed by atoms with van der Waals surface area (Å²) in [5.74, 6) is 0.232. The third kappa shape index (κ3) is 5.55. The zero-order valence-electron chi connectivity index (χ0n) is 16.8. The van der Waals surface area contributed by atoms with Gasteiger partial charge in [0.05, 0.1) is 6.61 Å². The van der Waals surface area contributed by atoms with E-state index >= 15 is 0 Å². The Hall–Kier alpha value is -1.88. The molecule has 2 rings (SSSR count). The lowest BCUT2D eigenvalue weighted by molar-refractivity contribution is 0.0955. The van der Waals surface area contributed by atoms with Gasteiger partial charge in [-0.1, -0.05) is 36.4 Å². The maximum absolute atomic E-state index is 10.5. The fourth-order valence-electron chi connectivity index (χ4n) is 3.74. The van der Waals surface area contributed by atoms with Crippen LogP contribution in [0.5, 0.6) is 5.75 Å². The predicted octanol–water partition coefficient (Wildman–Crippen LogP) is 4.06. The minimum atomic E-state index is -0.941. The van der Waals surface area contributed by atoms with Crippen LogP contribution in [-0.4, -0.2) is 45.5 Å². The first-order valence-corrected chi connectivity index (χ1v) is 9.77. The van der Waals surface area contributed by atoms with E-state index in [-0.39, 0.29) is 18.3 Å². The van der Waals surface area contributed by atoms with Crippen molar-refractivity contribution in [3.8, 4) is 5.75 Å². The molecular weight excluding hydrogens is 338 g/mol. The smallest absolute Gasteiger partial charge is 0.119 e. The summed E-state index contributed by atoms with van der Waals surface area (Å²) in [5, 5.41) is 29.9. The molecule has 0 aliphatic rings. The van der Waals surface area contributed by atoms with Gasteiger partial charge in [0.25, 0.3) is 0 Å². The van der Waals surface area contributed by atoms with E-state index in [4.69, 9.17) is 0 Å². The Morgan fingerprint density at radius 1 is 0.889 bits per heavy atom. The number of rotatable bonds is 9. The molecule has 0 aliphatic carbocycles. The molecule has 0 bridgehead atoms. The number of aliphatic hydroxyl groups excluding tert-OH is 2. The normalized spacial score (nSPS) is 14.1. The molecule has 4 heteroatoms. The number of nitrogens with zero attached hydrogens (tertiary/aromatic N) is 1. The Labute approximate surface area is 163 Å². The molecule has 0 amide bonds. The largest absolute Gasteiger partial charge is 0.508 e. The zero-order valence-corrected chi connectivity index (χ0v) is 16.8. The van der Waals surface area contributed by atoms with Gasteiger partial charge in [-0.3, -0.25) is 4.90 Å². The van der Waals surface area contributed by atoms with Gasteiger partial charge >= 0.3 is 0 Å². The number of aliphatic hydroxyl groups is 2. The Bertz CT molecular complexity index is 692. The van der Waals surface area contributed by atoms with Crippen LogP contribution in [0.3, 0.4) is 0 Å². The van der Waals surface area contributed by atoms with Crippen molar-refractivity contribution in [1.82, 2.24) is 4.90 Å². The van der Waals surface area contributed by atoms with Gasteiger partial charge in [-0.05, 0) is 63.9 Å². The molecule has 0 fully saturated rings. The highest BCUT2D eigenvalue weighted by molar-refractivity contribution is 5.44. The van der Waals surface area contributed by atoms with Gasteiger partial charge in [-0.2, -0.15) is 0 Å². The number of phenolic OH excluding ortho intramolecular Hbond substituents is 1. The van der Waals surface area contributed by atoms with Gasteiger partial charge in [0.2, 0.25) is 0 Å². The molecule has 0 radical (unpaired) electrons. The minimum absolute atomic E-state index is 0.0112. The van der Waals surface area contributed by atoms with Crippen molar-refractivity contribution in [3.05, 3.63) is 65.2 Å². The van der Waals surface area contributed by atoms with Crippen molar-refractivity contribution in [3.63, 3.8) is 0 Å². The number of aromatic hydroxyl groups is 1. The van der Waals surface area contributed by atoms with Crippen LogP contribution in [0.25, 0.3) is 0 Å². The van der Waals surface area contributed by atoms with Crippen LogP contribution >= 0.6 is 0 Å². The summed E-state index contributed by atoms with van der Waals surface area (Å²) in [6.45, 7) is 9.37. The van der Waals surface area contributed by atoms with Crippen LogP contribution < -0.4 is 0 Å². The lowest BCUT2D eigenvalue weighted by Gasteiger charge is -2.32. The maximum atomic E-state index is 10.5. The number of hydrogen-bond acceptors (Lipinski definition) is 4. The Morgan fingerprint density at radius 2 is 1.52 bits per heavy atom. The van der Waals surface area contributed by atoms with Gasteiger partial charge < -0.3 is 15.3 Å². The third-order valence-corrected chi connectivity index (χ3v) is 5.19. The summed E-state index contributed by atoms with van der Waals surface area (Å²) in [6.07, 6.45) is -0.0873. The highest BCUT2D eigenvalue weighted by atomic mass is 16.3. The molecule has 0 unspecified atom stereocenters. The first kappa shape index (κ1) is 21.4. The van der Waals surface area contributed by atoms with E-state index in [9.17, 15) is 15.3 Å². The van der Waals surface area contributed by atoms with Crippen molar-refractivity contribution in [2.24, 2.45) is 0 Å². The molecular formula is C23H33NO3. The van der Waals surface area contributed by atoms with Crippen LogP contribution in [0.1, 0.15) is 62.8 Å². The quantitative estimate of drug-likeness (QED) is 0.622. The average Bonchev–Trinajstić information content (AvgIpc) is 2.65. The topological polar surface area (TPSA) is 63.9 Å². The standard InChI is InChI=1S/C23H33NO3/c1-16(2)24(17(3)4)13-12-20(18-8-6-5-7-9-18)21-14-19(23(27)15-25)10-11-22(21)26/h5-11,14,16-17,20,23,25-27H,12-13,15H2,1-4H3/t20-,23-/m1/s1. The molecule has 0 heterocycles. The van der Waals surface area contributed by atoms with Crippen molar-refractivity contribution in [2.75, 3.05) is 13.2 Å². The average molecular weight is 372 g/mol. The first-order valence-electron chi connectivity index (χ1n) is 9.77. The third-order valence-electron chi connectivity index (χ3n) is 5.19. The molecule has 3 N–H and O–H groups in total. The van der Waals surface area contributed by atoms with Gasteiger partial charge in [-0.25, -0.2) is 0 Å². The summed E-state index contributed by atoms with van der Waals surface area (Å²) < 4.78 is 0. The summed E-state index contributed by atoms with van der Waals surface area (Å²) in [5.41, 5.74) is 2.55.